The molecule has 2 aromatic rings. The van der Waals surface area contributed by atoms with Crippen molar-refractivity contribution in [2.75, 3.05) is 11.1 Å². The molecule has 0 aliphatic rings. The maximum absolute atomic E-state index is 12.6. The number of nitrogens with two attached hydrogens (primary N) is 1. The van der Waals surface area contributed by atoms with Gasteiger partial charge in [-0.1, -0.05) is 0 Å². The van der Waals surface area contributed by atoms with Crippen molar-refractivity contribution in [3.63, 3.8) is 0 Å². The first kappa shape index (κ1) is 13.7. The van der Waals surface area contributed by atoms with Crippen LogP contribution in [-0.2, 0) is 6.18 Å². The number of hydrogen-bond donors (Lipinski definition) is 2. The number of rotatable bonds is 2. The van der Waals surface area contributed by atoms with Crippen molar-refractivity contribution in [3.8, 4) is 0 Å². The Labute approximate surface area is 115 Å². The summed E-state index contributed by atoms with van der Waals surface area (Å²) in [6.07, 6.45) is -2.93. The maximum atomic E-state index is 12.6. The fourth-order valence-corrected chi connectivity index (χ4v) is 1.78. The van der Waals surface area contributed by atoms with Gasteiger partial charge < -0.3 is 11.1 Å². The van der Waals surface area contributed by atoms with E-state index in [0.717, 1.165) is 12.1 Å². The van der Waals surface area contributed by atoms with Crippen LogP contribution in [0.15, 0.2) is 41.0 Å². The predicted molar refractivity (Wildman–Crippen MR) is 71.1 cm³/mol. The highest BCUT2D eigenvalue weighted by Gasteiger charge is 2.30. The minimum Gasteiger partial charge on any atom is -0.384 e. The zero-order valence-electron chi connectivity index (χ0n) is 9.50. The van der Waals surface area contributed by atoms with Gasteiger partial charge in [-0.2, -0.15) is 13.2 Å². The van der Waals surface area contributed by atoms with Crippen LogP contribution in [0.2, 0.25) is 0 Å². The Hall–Kier alpha value is -1.76. The molecule has 0 fully saturated rings. The Balaban J connectivity index is 2.31. The number of halogens is 4. The molecule has 1 heterocycles. The average Bonchev–Trinajstić information content (AvgIpc) is 2.33. The molecule has 0 aliphatic carbocycles. The number of hydrogen-bond acceptors (Lipinski definition) is 3. The third-order valence-electron chi connectivity index (χ3n) is 2.36. The normalized spacial score (nSPS) is 11.4. The molecular formula is C12H9BrF3N3. The quantitative estimate of drug-likeness (QED) is 0.867. The molecule has 0 saturated heterocycles. The van der Waals surface area contributed by atoms with Gasteiger partial charge in [-0.25, -0.2) is 4.98 Å². The molecule has 7 heteroatoms. The summed E-state index contributed by atoms with van der Waals surface area (Å²) in [6.45, 7) is 0. The lowest BCUT2D eigenvalue weighted by atomic mass is 10.2. The Morgan fingerprint density at radius 3 is 2.47 bits per heavy atom. The first-order chi connectivity index (χ1) is 8.86. The summed E-state index contributed by atoms with van der Waals surface area (Å²) >= 11 is 3.19. The molecule has 1 aromatic carbocycles. The summed E-state index contributed by atoms with van der Waals surface area (Å²) in [5, 5.41) is 2.85. The number of alkyl halides is 3. The molecule has 3 N–H and O–H groups in total. The van der Waals surface area contributed by atoms with Gasteiger partial charge in [-0.05, 0) is 46.3 Å². The number of aromatic nitrogens is 1. The van der Waals surface area contributed by atoms with Gasteiger partial charge in [-0.3, -0.25) is 0 Å². The fraction of sp³-hybridized carbons (Fsp3) is 0.0833. The van der Waals surface area contributed by atoms with Gasteiger partial charge in [0.1, 0.15) is 5.82 Å². The molecular weight excluding hydrogens is 323 g/mol. The summed E-state index contributed by atoms with van der Waals surface area (Å²) in [7, 11) is 0. The lowest BCUT2D eigenvalue weighted by molar-refractivity contribution is -0.137. The zero-order valence-corrected chi connectivity index (χ0v) is 11.1. The van der Waals surface area contributed by atoms with Crippen LogP contribution in [0.3, 0.4) is 0 Å². The van der Waals surface area contributed by atoms with E-state index in [1.807, 2.05) is 0 Å². The van der Waals surface area contributed by atoms with Crippen molar-refractivity contribution in [3.05, 3.63) is 46.6 Å². The van der Waals surface area contributed by atoms with Crippen LogP contribution in [0.5, 0.6) is 0 Å². The maximum Gasteiger partial charge on any atom is 0.416 e. The van der Waals surface area contributed by atoms with E-state index in [0.29, 0.717) is 21.7 Å². The van der Waals surface area contributed by atoms with Crippen molar-refractivity contribution in [2.24, 2.45) is 0 Å². The molecule has 100 valence electrons. The van der Waals surface area contributed by atoms with Crippen LogP contribution < -0.4 is 11.1 Å². The van der Waals surface area contributed by atoms with E-state index in [-0.39, 0.29) is 0 Å². The molecule has 0 spiro atoms. The van der Waals surface area contributed by atoms with E-state index < -0.39 is 11.7 Å². The van der Waals surface area contributed by atoms with Crippen LogP contribution in [0, 0.1) is 0 Å². The Morgan fingerprint density at radius 2 is 1.89 bits per heavy atom. The monoisotopic (exact) mass is 331 g/mol. The van der Waals surface area contributed by atoms with E-state index in [9.17, 15) is 13.2 Å². The molecule has 0 bridgehead atoms. The van der Waals surface area contributed by atoms with E-state index in [1.165, 1.54) is 12.3 Å². The Bertz CT molecular complexity index is 582. The van der Waals surface area contributed by atoms with Gasteiger partial charge in [0, 0.05) is 4.47 Å². The van der Waals surface area contributed by atoms with Crippen LogP contribution in [0.25, 0.3) is 0 Å². The average molecular weight is 332 g/mol. The van der Waals surface area contributed by atoms with Gasteiger partial charge in [0.15, 0.2) is 0 Å². The number of pyridine rings is 1. The molecule has 0 saturated carbocycles. The summed E-state index contributed by atoms with van der Waals surface area (Å²) < 4.78 is 38.4. The van der Waals surface area contributed by atoms with Gasteiger partial charge in [0.25, 0.3) is 0 Å². The van der Waals surface area contributed by atoms with Crippen molar-refractivity contribution in [2.45, 2.75) is 6.18 Å². The number of anilines is 3. The lowest BCUT2D eigenvalue weighted by Gasteiger charge is -2.12. The van der Waals surface area contributed by atoms with Gasteiger partial charge in [-0.15, -0.1) is 0 Å². The minimum absolute atomic E-state index is 0.307. The second kappa shape index (κ2) is 5.08. The van der Waals surface area contributed by atoms with E-state index in [2.05, 4.69) is 26.2 Å². The van der Waals surface area contributed by atoms with Crippen molar-refractivity contribution in [1.82, 2.24) is 4.98 Å². The standard InChI is InChI=1S/C12H9BrF3N3/c13-9-3-1-7(12(14,15)16)5-10(9)19-8-2-4-11(17)18-6-8/h1-6,19H,(H2,17,18). The molecule has 19 heavy (non-hydrogen) atoms. The molecule has 0 aliphatic heterocycles. The number of nitrogens with zero attached hydrogens (tertiary/aromatic N) is 1. The predicted octanol–water partition coefficient (Wildman–Crippen LogP) is 4.19. The van der Waals surface area contributed by atoms with Crippen molar-refractivity contribution >= 4 is 33.1 Å². The van der Waals surface area contributed by atoms with Crippen LogP contribution in [0.4, 0.5) is 30.4 Å². The number of nitrogens with one attached hydrogen (secondary N) is 1. The highest BCUT2D eigenvalue weighted by molar-refractivity contribution is 9.10. The highest BCUT2D eigenvalue weighted by Crippen LogP contribution is 2.35. The van der Waals surface area contributed by atoms with Crippen molar-refractivity contribution < 1.29 is 13.2 Å². The van der Waals surface area contributed by atoms with Crippen LogP contribution in [0.1, 0.15) is 5.56 Å². The second-order valence-corrected chi connectivity index (χ2v) is 4.64. The molecule has 1 aromatic heterocycles. The summed E-state index contributed by atoms with van der Waals surface area (Å²) in [5.74, 6) is 0.341. The van der Waals surface area contributed by atoms with Crippen molar-refractivity contribution in [1.29, 1.82) is 0 Å². The van der Waals surface area contributed by atoms with E-state index in [1.54, 1.807) is 12.1 Å². The highest BCUT2D eigenvalue weighted by atomic mass is 79.9. The van der Waals surface area contributed by atoms with Crippen LogP contribution in [-0.4, -0.2) is 4.98 Å². The van der Waals surface area contributed by atoms with Gasteiger partial charge in [0.05, 0.1) is 23.1 Å². The molecule has 0 radical (unpaired) electrons. The molecule has 0 amide bonds. The molecule has 2 rings (SSSR count). The fourth-order valence-electron chi connectivity index (χ4n) is 1.43. The second-order valence-electron chi connectivity index (χ2n) is 3.79. The Kier molecular flexibility index (Phi) is 3.66. The third-order valence-corrected chi connectivity index (χ3v) is 3.05. The van der Waals surface area contributed by atoms with Crippen LogP contribution >= 0.6 is 15.9 Å². The summed E-state index contributed by atoms with van der Waals surface area (Å²) in [4.78, 5) is 3.85. The smallest absolute Gasteiger partial charge is 0.384 e. The molecule has 3 nitrogen and oxygen atoms in total. The van der Waals surface area contributed by atoms with E-state index in [4.69, 9.17) is 5.73 Å². The largest absolute Gasteiger partial charge is 0.416 e. The lowest BCUT2D eigenvalue weighted by Crippen LogP contribution is -2.05. The topological polar surface area (TPSA) is 50.9 Å². The third kappa shape index (κ3) is 3.37. The Morgan fingerprint density at radius 1 is 1.16 bits per heavy atom. The number of benzene rings is 1. The zero-order chi connectivity index (χ0) is 14.0. The SMILES string of the molecule is Nc1ccc(Nc2cc(C(F)(F)F)ccc2Br)cn1. The summed E-state index contributed by atoms with van der Waals surface area (Å²) in [6, 6.07) is 6.58. The summed E-state index contributed by atoms with van der Waals surface area (Å²) in [5.41, 5.74) is 5.57. The van der Waals surface area contributed by atoms with Gasteiger partial charge in [0.2, 0.25) is 0 Å². The first-order valence-corrected chi connectivity index (χ1v) is 6.01. The van der Waals surface area contributed by atoms with Gasteiger partial charge >= 0.3 is 6.18 Å². The molecule has 0 atom stereocenters. The number of nitrogen functional groups attached to an aromatic ring is 1. The first-order valence-electron chi connectivity index (χ1n) is 5.21. The van der Waals surface area contributed by atoms with E-state index >= 15 is 0 Å². The molecule has 0 unspecified atom stereocenters. The minimum atomic E-state index is -4.38.